The zero-order valence-corrected chi connectivity index (χ0v) is 21.4. The van der Waals surface area contributed by atoms with Crippen molar-refractivity contribution in [1.82, 2.24) is 4.57 Å². The Morgan fingerprint density at radius 3 is 2.68 bits per heavy atom. The van der Waals surface area contributed by atoms with Gasteiger partial charge in [-0.2, -0.15) is 0 Å². The summed E-state index contributed by atoms with van der Waals surface area (Å²) in [4.78, 5) is 31.3. The maximum Gasteiger partial charge on any atom is 0.338 e. The summed E-state index contributed by atoms with van der Waals surface area (Å²) in [5.74, 6) is -0.695. The van der Waals surface area contributed by atoms with E-state index in [1.54, 1.807) is 44.2 Å². The maximum absolute atomic E-state index is 13.6. The number of rotatable bonds is 5. The van der Waals surface area contributed by atoms with Crippen LogP contribution < -0.4 is 19.6 Å². The smallest absolute Gasteiger partial charge is 0.338 e. The van der Waals surface area contributed by atoms with Gasteiger partial charge < -0.3 is 14.6 Å². The topological polar surface area (TPSA) is 90.1 Å². The number of thiazole rings is 1. The Bertz CT molecular complexity index is 1490. The van der Waals surface area contributed by atoms with Crippen molar-refractivity contribution in [2.24, 2.45) is 4.99 Å². The first kappa shape index (κ1) is 24.1. The molecule has 34 heavy (non-hydrogen) atoms. The highest BCUT2D eigenvalue weighted by atomic mass is 127. The van der Waals surface area contributed by atoms with Crippen molar-refractivity contribution in [3.8, 4) is 11.5 Å². The van der Waals surface area contributed by atoms with Crippen LogP contribution >= 0.6 is 33.9 Å². The molecule has 0 saturated carbocycles. The summed E-state index contributed by atoms with van der Waals surface area (Å²) in [6.45, 7) is 3.55. The summed E-state index contributed by atoms with van der Waals surface area (Å²) < 4.78 is 26.5. The number of phenolic OH excluding ortho intramolecular Hbond substituents is 1. The number of ether oxygens (including phenoxy) is 2. The summed E-state index contributed by atoms with van der Waals surface area (Å²) in [7, 11) is 1.45. The van der Waals surface area contributed by atoms with Crippen molar-refractivity contribution >= 4 is 46.0 Å². The van der Waals surface area contributed by atoms with Gasteiger partial charge in [0, 0.05) is 0 Å². The number of fused-ring (bicyclic) bond motifs is 1. The van der Waals surface area contributed by atoms with Crippen LogP contribution in [0.15, 0.2) is 57.5 Å². The van der Waals surface area contributed by atoms with Gasteiger partial charge in [-0.3, -0.25) is 9.36 Å². The molecule has 0 aliphatic carbocycles. The lowest BCUT2D eigenvalue weighted by molar-refractivity contribution is -0.139. The number of allylic oxidation sites excluding steroid dienone is 1. The number of carbonyl (C=O) groups is 1. The van der Waals surface area contributed by atoms with E-state index in [0.717, 1.165) is 0 Å². The summed E-state index contributed by atoms with van der Waals surface area (Å²) in [6, 6.07) is 8.20. The second-order valence-electron chi connectivity index (χ2n) is 7.41. The largest absolute Gasteiger partial charge is 0.504 e. The van der Waals surface area contributed by atoms with Crippen molar-refractivity contribution in [3.63, 3.8) is 0 Å². The van der Waals surface area contributed by atoms with Gasteiger partial charge in [0.25, 0.3) is 5.56 Å². The van der Waals surface area contributed by atoms with Crippen LogP contribution in [0.3, 0.4) is 0 Å². The molecule has 0 amide bonds. The number of halogens is 2. The lowest BCUT2D eigenvalue weighted by Gasteiger charge is -2.24. The average Bonchev–Trinajstić information content (AvgIpc) is 3.10. The molecule has 2 heterocycles. The molecular weight excluding hydrogens is 574 g/mol. The Labute approximate surface area is 211 Å². The van der Waals surface area contributed by atoms with E-state index in [9.17, 15) is 19.1 Å². The first-order chi connectivity index (χ1) is 16.2. The second-order valence-corrected chi connectivity index (χ2v) is 9.58. The summed E-state index contributed by atoms with van der Waals surface area (Å²) >= 11 is 3.16. The normalized spacial score (nSPS) is 15.7. The number of aromatic hydroxyl groups is 1. The van der Waals surface area contributed by atoms with E-state index < -0.39 is 17.8 Å². The summed E-state index contributed by atoms with van der Waals surface area (Å²) in [5, 5.41) is 10.1. The molecule has 1 aliphatic heterocycles. The van der Waals surface area contributed by atoms with E-state index >= 15 is 0 Å². The van der Waals surface area contributed by atoms with Crippen LogP contribution in [0, 0.1) is 9.39 Å². The number of methoxy groups -OCH3 is 1. The van der Waals surface area contributed by atoms with Gasteiger partial charge in [0.1, 0.15) is 5.82 Å². The van der Waals surface area contributed by atoms with Crippen LogP contribution in [0.2, 0.25) is 0 Å². The third-order valence-corrected chi connectivity index (χ3v) is 7.08. The Morgan fingerprint density at radius 1 is 1.32 bits per heavy atom. The molecule has 0 bridgehead atoms. The van der Waals surface area contributed by atoms with Crippen LogP contribution in [0.25, 0.3) is 6.08 Å². The molecule has 1 aromatic heterocycles. The van der Waals surface area contributed by atoms with Crippen LogP contribution in [-0.4, -0.2) is 29.4 Å². The van der Waals surface area contributed by atoms with E-state index in [1.807, 2.05) is 22.6 Å². The molecule has 1 aliphatic rings. The van der Waals surface area contributed by atoms with Crippen molar-refractivity contribution in [1.29, 1.82) is 0 Å². The minimum Gasteiger partial charge on any atom is -0.504 e. The van der Waals surface area contributed by atoms with Gasteiger partial charge >= 0.3 is 5.97 Å². The number of esters is 1. The molecule has 10 heteroatoms. The monoisotopic (exact) mass is 594 g/mol. The Kier molecular flexibility index (Phi) is 6.89. The van der Waals surface area contributed by atoms with Gasteiger partial charge in [-0.1, -0.05) is 23.5 Å². The number of nitrogens with zero attached hydrogens (tertiary/aromatic N) is 2. The first-order valence-corrected chi connectivity index (χ1v) is 12.2. The van der Waals surface area contributed by atoms with Crippen LogP contribution in [0.1, 0.15) is 31.0 Å². The van der Waals surface area contributed by atoms with E-state index in [-0.39, 0.29) is 29.2 Å². The second kappa shape index (κ2) is 9.71. The van der Waals surface area contributed by atoms with E-state index in [1.165, 1.54) is 35.1 Å². The van der Waals surface area contributed by atoms with Crippen molar-refractivity contribution in [2.45, 2.75) is 19.9 Å². The maximum atomic E-state index is 13.6. The number of hydrogen-bond acceptors (Lipinski definition) is 7. The molecule has 1 atom stereocenters. The van der Waals surface area contributed by atoms with Crippen molar-refractivity contribution < 1.29 is 23.8 Å². The zero-order chi connectivity index (χ0) is 24.6. The molecule has 4 rings (SSSR count). The number of aromatic nitrogens is 1. The highest BCUT2D eigenvalue weighted by Gasteiger charge is 2.33. The first-order valence-electron chi connectivity index (χ1n) is 10.3. The lowest BCUT2D eigenvalue weighted by Crippen LogP contribution is -2.39. The third kappa shape index (κ3) is 4.39. The molecule has 0 saturated heterocycles. The number of benzene rings is 2. The molecule has 0 unspecified atom stereocenters. The fourth-order valence-electron chi connectivity index (χ4n) is 3.74. The van der Waals surface area contributed by atoms with Crippen molar-refractivity contribution in [3.05, 3.63) is 87.9 Å². The van der Waals surface area contributed by atoms with Crippen molar-refractivity contribution in [2.75, 3.05) is 13.7 Å². The minimum absolute atomic E-state index is 0.0210. The molecule has 0 spiro atoms. The Balaban J connectivity index is 1.95. The quantitative estimate of drug-likeness (QED) is 0.362. The van der Waals surface area contributed by atoms with Gasteiger partial charge in [0.15, 0.2) is 16.3 Å². The number of hydrogen-bond donors (Lipinski definition) is 1. The van der Waals surface area contributed by atoms with Crippen LogP contribution in [0.4, 0.5) is 4.39 Å². The zero-order valence-electron chi connectivity index (χ0n) is 18.5. The van der Waals surface area contributed by atoms with Gasteiger partial charge in [-0.25, -0.2) is 14.2 Å². The highest BCUT2D eigenvalue weighted by molar-refractivity contribution is 14.1. The SMILES string of the molecule is CCOC(=O)C1=C(C)N=c2s/c(=C\c3cc(I)c(O)c(OC)c3)c(=O)n2[C@@H]1c1ccc(F)cc1. The van der Waals surface area contributed by atoms with E-state index in [0.29, 0.717) is 29.7 Å². The Hall–Kier alpha value is -2.99. The van der Waals surface area contributed by atoms with Gasteiger partial charge in [-0.05, 0) is 77.9 Å². The standard InChI is InChI=1S/C24H20FIN2O5S/c1-4-33-23(31)19-12(2)27-24-28(20(19)14-5-7-15(25)8-6-14)22(30)18(34-24)11-13-9-16(26)21(29)17(10-13)32-3/h5-11,20,29H,4H2,1-3H3/b18-11-/t20-/m1/s1. The minimum atomic E-state index is -0.812. The predicted molar refractivity (Wildman–Crippen MR) is 134 cm³/mol. The van der Waals surface area contributed by atoms with Gasteiger partial charge in [0.05, 0.1) is 39.1 Å². The van der Waals surface area contributed by atoms with Gasteiger partial charge in [0.2, 0.25) is 0 Å². The highest BCUT2D eigenvalue weighted by Crippen LogP contribution is 2.33. The molecule has 0 fully saturated rings. The number of carbonyl (C=O) groups excluding carboxylic acids is 1. The average molecular weight is 594 g/mol. The van der Waals surface area contributed by atoms with Gasteiger partial charge in [-0.15, -0.1) is 0 Å². The number of phenols is 1. The molecule has 1 N–H and O–H groups in total. The molecular formula is C24H20FIN2O5S. The lowest BCUT2D eigenvalue weighted by atomic mass is 9.96. The molecule has 7 nitrogen and oxygen atoms in total. The van der Waals surface area contributed by atoms with E-state index in [4.69, 9.17) is 9.47 Å². The molecule has 2 aromatic carbocycles. The fraction of sp³-hybridized carbons (Fsp3) is 0.208. The molecule has 176 valence electrons. The summed E-state index contributed by atoms with van der Waals surface area (Å²) in [5.41, 5.74) is 1.53. The van der Waals surface area contributed by atoms with Crippen LogP contribution in [-0.2, 0) is 9.53 Å². The fourth-order valence-corrected chi connectivity index (χ4v) is 5.41. The molecule has 3 aromatic rings. The van der Waals surface area contributed by atoms with Crippen LogP contribution in [0.5, 0.6) is 11.5 Å². The molecule has 0 radical (unpaired) electrons. The predicted octanol–water partition coefficient (Wildman–Crippen LogP) is 3.26. The Morgan fingerprint density at radius 2 is 2.03 bits per heavy atom. The third-order valence-electron chi connectivity index (χ3n) is 5.27. The summed E-state index contributed by atoms with van der Waals surface area (Å²) in [6.07, 6.45) is 1.68. The van der Waals surface area contributed by atoms with E-state index in [2.05, 4.69) is 4.99 Å².